The molecule has 2 amide bonds. The van der Waals surface area contributed by atoms with E-state index in [0.717, 1.165) is 50.2 Å². The topological polar surface area (TPSA) is 178 Å². The average Bonchev–Trinajstić information content (AvgIpc) is 3.58. The number of likely N-dealkylation sites (N-methyl/N-ethyl adjacent to an activating group) is 1. The molecule has 11 nitrogen and oxygen atoms in total. The number of carbonyl (C=O) groups is 2. The molecule has 0 radical (unpaired) electrons. The first-order valence-electron chi connectivity index (χ1n) is 18.9. The Morgan fingerprint density at radius 1 is 0.688 bits per heavy atom. The Kier molecular flexibility index (Phi) is 12.3. The van der Waals surface area contributed by atoms with Crippen LogP contribution in [0, 0.1) is 39.8 Å². The van der Waals surface area contributed by atoms with Gasteiger partial charge in [-0.05, 0) is 86.1 Å². The first kappa shape index (κ1) is 45.8. The van der Waals surface area contributed by atoms with Crippen LogP contribution < -0.4 is 15.5 Å². The van der Waals surface area contributed by atoms with E-state index >= 15 is 4.39 Å². The third-order valence-electron chi connectivity index (χ3n) is 10.3. The number of rotatable bonds is 11. The van der Waals surface area contributed by atoms with Crippen LogP contribution in [0.3, 0.4) is 0 Å². The molecule has 0 bridgehead atoms. The van der Waals surface area contributed by atoms with E-state index in [4.69, 9.17) is 10.5 Å². The molecule has 64 heavy (non-hydrogen) atoms. The van der Waals surface area contributed by atoms with Gasteiger partial charge < -0.3 is 30.3 Å². The van der Waals surface area contributed by atoms with Crippen LogP contribution in [0.1, 0.15) is 41.7 Å². The van der Waals surface area contributed by atoms with Crippen LogP contribution in [0.5, 0.6) is 0 Å². The van der Waals surface area contributed by atoms with Crippen LogP contribution in [0.2, 0.25) is 0 Å². The number of nitrogens with zero attached hydrogens (tertiary/aromatic N) is 5. The highest BCUT2D eigenvalue weighted by molar-refractivity contribution is 6.01. The molecule has 18 heteroatoms. The number of hydrogen-bond donors (Lipinski definition) is 4. The quantitative estimate of drug-likeness (QED) is 0.0932. The largest absolute Gasteiger partial charge is 0.417 e. The molecular formula is C46H34F7N7O4. The lowest BCUT2D eigenvalue weighted by Crippen LogP contribution is -2.48. The number of aliphatic hydroxyl groups is 2. The lowest BCUT2D eigenvalue weighted by Gasteiger charge is -2.30. The summed E-state index contributed by atoms with van der Waals surface area (Å²) in [6, 6.07) is 25.5. The van der Waals surface area contributed by atoms with Crippen molar-refractivity contribution in [2.45, 2.75) is 43.9 Å². The number of aromatic nitrogens is 1. The first-order chi connectivity index (χ1) is 30.0. The van der Waals surface area contributed by atoms with Crippen LogP contribution in [-0.4, -0.2) is 51.4 Å². The van der Waals surface area contributed by atoms with Crippen molar-refractivity contribution in [1.82, 2.24) is 4.57 Å². The minimum atomic E-state index is -4.92. The Labute approximate surface area is 360 Å². The number of fused-ring (bicyclic) bond motifs is 1. The lowest BCUT2D eigenvalue weighted by molar-refractivity contribution is -0.138. The van der Waals surface area contributed by atoms with Crippen LogP contribution >= 0.6 is 0 Å². The standard InChI is InChI=1S/C46H34F7N7O4/c1-43(63,41(61)57-30-12-9-27(20-54)38(16-30)45(48,49)50)24-59(3)32-18-33(26-7-5-4-6-8-26)36(22-56)34(19-32)37-23-60(40-14-11-29(47)15-35(37)40)25-44(2,64)42(62)58-31-13-10-28(21-55)39(17-31)46(51,52)53/h4-19,23,63-64H,24-25H2,1-3H3,(H,57,61)(H,58,62)/t43?,44-/m0/s1. The minimum Gasteiger partial charge on any atom is -0.378 e. The molecule has 0 aliphatic carbocycles. The predicted molar refractivity (Wildman–Crippen MR) is 222 cm³/mol. The average molecular weight is 882 g/mol. The summed E-state index contributed by atoms with van der Waals surface area (Å²) in [4.78, 5) is 28.3. The molecule has 0 fully saturated rings. The Hall–Kier alpha value is -7.72. The van der Waals surface area contributed by atoms with Gasteiger partial charge in [-0.25, -0.2) is 4.39 Å². The number of carbonyl (C=O) groups excluding carboxylic acids is 2. The fourth-order valence-electron chi connectivity index (χ4n) is 7.11. The van der Waals surface area contributed by atoms with Crippen LogP contribution in [0.4, 0.5) is 47.8 Å². The van der Waals surface area contributed by atoms with Crippen molar-refractivity contribution in [1.29, 1.82) is 15.8 Å². The maximum Gasteiger partial charge on any atom is 0.417 e. The number of halogens is 7. The summed E-state index contributed by atoms with van der Waals surface area (Å²) in [5.41, 5.74) is -7.28. The van der Waals surface area contributed by atoms with Gasteiger partial charge in [0.2, 0.25) is 0 Å². The molecule has 1 unspecified atom stereocenters. The highest BCUT2D eigenvalue weighted by Crippen LogP contribution is 2.41. The zero-order valence-corrected chi connectivity index (χ0v) is 33.8. The van der Waals surface area contributed by atoms with E-state index in [1.54, 1.807) is 36.4 Å². The monoisotopic (exact) mass is 881 g/mol. The zero-order chi connectivity index (χ0) is 46.9. The maximum atomic E-state index is 15.1. The SMILES string of the molecule is CN(CC(C)(O)C(=O)Nc1ccc(C#N)c(C(F)(F)F)c1)c1cc(-c2ccccc2)c(C#N)c(-c2cn(C[C@](C)(O)C(=O)Nc3ccc(C#N)c(C(F)(F)F)c3)c3ccc(F)cc23)c1. The second kappa shape index (κ2) is 17.2. The maximum absolute atomic E-state index is 15.1. The predicted octanol–water partition coefficient (Wildman–Crippen LogP) is 8.98. The molecule has 0 saturated carbocycles. The highest BCUT2D eigenvalue weighted by Gasteiger charge is 2.38. The van der Waals surface area contributed by atoms with Gasteiger partial charge in [0.15, 0.2) is 11.2 Å². The smallest absolute Gasteiger partial charge is 0.378 e. The molecule has 0 spiro atoms. The van der Waals surface area contributed by atoms with E-state index < -0.39 is 76.5 Å². The Bertz CT molecular complexity index is 2940. The van der Waals surface area contributed by atoms with Gasteiger partial charge in [0.1, 0.15) is 11.9 Å². The van der Waals surface area contributed by atoms with Gasteiger partial charge >= 0.3 is 12.4 Å². The number of alkyl halides is 6. The van der Waals surface area contributed by atoms with Crippen molar-refractivity contribution >= 4 is 39.8 Å². The normalized spacial score (nSPS) is 13.5. The van der Waals surface area contributed by atoms with Crippen molar-refractivity contribution in [2.24, 2.45) is 0 Å². The summed E-state index contributed by atoms with van der Waals surface area (Å²) in [7, 11) is 1.50. The lowest BCUT2D eigenvalue weighted by atomic mass is 9.91. The molecule has 6 aromatic rings. The van der Waals surface area contributed by atoms with E-state index in [-0.39, 0.29) is 39.0 Å². The second-order valence-electron chi connectivity index (χ2n) is 15.3. The van der Waals surface area contributed by atoms with E-state index in [2.05, 4.69) is 16.7 Å². The number of anilines is 3. The molecule has 2 atom stereocenters. The van der Waals surface area contributed by atoms with Crippen LogP contribution in [0.15, 0.2) is 103 Å². The number of nitriles is 3. The van der Waals surface area contributed by atoms with Crippen molar-refractivity contribution in [3.63, 3.8) is 0 Å². The fraction of sp³-hybridized carbons (Fsp3) is 0.196. The van der Waals surface area contributed by atoms with Gasteiger partial charge in [0, 0.05) is 57.9 Å². The molecule has 0 saturated heterocycles. The highest BCUT2D eigenvalue weighted by atomic mass is 19.4. The third kappa shape index (κ3) is 9.51. The van der Waals surface area contributed by atoms with Gasteiger partial charge in [0.25, 0.3) is 11.8 Å². The van der Waals surface area contributed by atoms with Crippen molar-refractivity contribution in [2.75, 3.05) is 29.1 Å². The second-order valence-corrected chi connectivity index (χ2v) is 15.3. The molecule has 326 valence electrons. The third-order valence-corrected chi connectivity index (χ3v) is 10.3. The van der Waals surface area contributed by atoms with Gasteiger partial charge in [-0.15, -0.1) is 0 Å². The van der Waals surface area contributed by atoms with E-state index in [1.807, 2.05) is 0 Å². The van der Waals surface area contributed by atoms with Gasteiger partial charge in [-0.1, -0.05) is 30.3 Å². The molecule has 1 aromatic heterocycles. The molecule has 6 rings (SSSR count). The Morgan fingerprint density at radius 3 is 1.73 bits per heavy atom. The van der Waals surface area contributed by atoms with Crippen molar-refractivity contribution < 1.29 is 50.5 Å². The Balaban J connectivity index is 1.39. The van der Waals surface area contributed by atoms with Crippen molar-refractivity contribution in [3.8, 4) is 40.5 Å². The number of nitrogens with one attached hydrogen (secondary N) is 2. The summed E-state index contributed by atoms with van der Waals surface area (Å²) in [6.07, 6.45) is -8.39. The number of amides is 2. The van der Waals surface area contributed by atoms with Gasteiger partial charge in [-0.2, -0.15) is 42.1 Å². The van der Waals surface area contributed by atoms with Crippen LogP contribution in [0.25, 0.3) is 33.2 Å². The molecule has 5 aromatic carbocycles. The van der Waals surface area contributed by atoms with E-state index in [9.17, 15) is 51.4 Å². The summed E-state index contributed by atoms with van der Waals surface area (Å²) in [5, 5.41) is 56.6. The van der Waals surface area contributed by atoms with Gasteiger partial charge in [-0.3, -0.25) is 9.59 Å². The fourth-order valence-corrected chi connectivity index (χ4v) is 7.11. The van der Waals surface area contributed by atoms with Gasteiger partial charge in [0.05, 0.1) is 53.0 Å². The first-order valence-corrected chi connectivity index (χ1v) is 18.9. The van der Waals surface area contributed by atoms with E-state index in [1.165, 1.54) is 47.0 Å². The van der Waals surface area contributed by atoms with E-state index in [0.29, 0.717) is 28.9 Å². The molecular weight excluding hydrogens is 848 g/mol. The van der Waals surface area contributed by atoms with Crippen molar-refractivity contribution in [3.05, 3.63) is 137 Å². The molecule has 4 N–H and O–H groups in total. The molecule has 0 aliphatic rings. The summed E-state index contributed by atoms with van der Waals surface area (Å²) >= 11 is 0. The summed E-state index contributed by atoms with van der Waals surface area (Å²) in [5.74, 6) is -2.91. The minimum absolute atomic E-state index is 0.0863. The molecule has 1 heterocycles. The zero-order valence-electron chi connectivity index (χ0n) is 33.8. The van der Waals surface area contributed by atoms with Crippen LogP contribution in [-0.2, 0) is 28.5 Å². The summed E-state index contributed by atoms with van der Waals surface area (Å²) < 4.78 is 98.3. The number of benzene rings is 5. The number of hydrogen-bond acceptors (Lipinski definition) is 8. The Morgan fingerprint density at radius 2 is 1.22 bits per heavy atom. The molecule has 0 aliphatic heterocycles. The summed E-state index contributed by atoms with van der Waals surface area (Å²) in [6.45, 7) is 1.22.